The molecule has 0 saturated carbocycles. The minimum atomic E-state index is -1.11. The predicted molar refractivity (Wildman–Crippen MR) is 68.4 cm³/mol. The normalized spacial score (nSPS) is 12.7. The molecular formula is C12H11Cl2FN2O. The third kappa shape index (κ3) is 2.23. The first kappa shape index (κ1) is 13.3. The fourth-order valence-electron chi connectivity index (χ4n) is 1.77. The molecule has 1 heterocycles. The first-order chi connectivity index (χ1) is 8.56. The molecule has 0 bridgehead atoms. The number of nitrogens with zero attached hydrogens (tertiary/aromatic N) is 2. The fourth-order valence-corrected chi connectivity index (χ4v) is 2.25. The van der Waals surface area contributed by atoms with E-state index in [-0.39, 0.29) is 10.6 Å². The van der Waals surface area contributed by atoms with E-state index in [1.165, 1.54) is 18.3 Å². The van der Waals surface area contributed by atoms with Crippen molar-refractivity contribution < 1.29 is 9.50 Å². The quantitative estimate of drug-likeness (QED) is 0.940. The molecule has 0 amide bonds. The summed E-state index contributed by atoms with van der Waals surface area (Å²) in [6.07, 6.45) is 0.333. The number of hydrogen-bond acceptors (Lipinski definition) is 2. The molecular weight excluding hydrogens is 278 g/mol. The van der Waals surface area contributed by atoms with Gasteiger partial charge in [-0.25, -0.2) is 4.39 Å². The average molecular weight is 289 g/mol. The van der Waals surface area contributed by atoms with E-state index in [0.717, 1.165) is 0 Å². The molecule has 1 aromatic heterocycles. The van der Waals surface area contributed by atoms with Crippen LogP contribution in [0.1, 0.15) is 24.3 Å². The minimum absolute atomic E-state index is 0.107. The number of rotatable bonds is 3. The van der Waals surface area contributed by atoms with Gasteiger partial charge in [0.15, 0.2) is 0 Å². The fraction of sp³-hybridized carbons (Fsp3) is 0.250. The standard InChI is InChI=1S/C12H11Cl2FN2O/c1-2-17-11(8(13)6-16-17)12(18)7-4-3-5-9(15)10(7)14/h3-6,12,18H,2H2,1H3. The summed E-state index contributed by atoms with van der Waals surface area (Å²) in [6, 6.07) is 4.27. The van der Waals surface area contributed by atoms with Crippen molar-refractivity contribution >= 4 is 23.2 Å². The second-order valence-corrected chi connectivity index (χ2v) is 4.52. The van der Waals surface area contributed by atoms with E-state index in [0.29, 0.717) is 17.3 Å². The van der Waals surface area contributed by atoms with Crippen molar-refractivity contribution in [3.63, 3.8) is 0 Å². The van der Waals surface area contributed by atoms with Gasteiger partial charge < -0.3 is 5.11 Å². The molecule has 0 fully saturated rings. The highest BCUT2D eigenvalue weighted by molar-refractivity contribution is 6.32. The molecule has 0 aliphatic rings. The summed E-state index contributed by atoms with van der Waals surface area (Å²) in [5, 5.41) is 14.5. The lowest BCUT2D eigenvalue weighted by Gasteiger charge is -2.15. The summed E-state index contributed by atoms with van der Waals surface area (Å²) < 4.78 is 14.9. The van der Waals surface area contributed by atoms with E-state index >= 15 is 0 Å². The van der Waals surface area contributed by atoms with E-state index in [1.54, 1.807) is 10.7 Å². The van der Waals surface area contributed by atoms with Crippen LogP contribution in [0.4, 0.5) is 4.39 Å². The number of hydrogen-bond donors (Lipinski definition) is 1. The van der Waals surface area contributed by atoms with Gasteiger partial charge in [-0.1, -0.05) is 35.3 Å². The molecule has 1 N–H and O–H groups in total. The third-order valence-corrected chi connectivity index (χ3v) is 3.36. The zero-order chi connectivity index (χ0) is 13.3. The second kappa shape index (κ2) is 5.26. The van der Waals surface area contributed by atoms with Crippen LogP contribution in [-0.2, 0) is 6.54 Å². The first-order valence-corrected chi connectivity index (χ1v) is 6.15. The molecule has 0 aliphatic heterocycles. The topological polar surface area (TPSA) is 38.0 Å². The molecule has 0 spiro atoms. The van der Waals surface area contributed by atoms with Crippen LogP contribution in [0.15, 0.2) is 24.4 Å². The predicted octanol–water partition coefficient (Wildman–Crippen LogP) is 3.43. The number of aryl methyl sites for hydroxylation is 1. The second-order valence-electron chi connectivity index (χ2n) is 3.74. The van der Waals surface area contributed by atoms with Crippen LogP contribution in [0, 0.1) is 5.82 Å². The molecule has 0 saturated heterocycles. The van der Waals surface area contributed by atoms with Gasteiger partial charge in [0, 0.05) is 12.1 Å². The zero-order valence-electron chi connectivity index (χ0n) is 9.57. The molecule has 0 aliphatic carbocycles. The average Bonchev–Trinajstić information content (AvgIpc) is 2.73. The number of aromatic nitrogens is 2. The summed E-state index contributed by atoms with van der Waals surface area (Å²) in [5.74, 6) is -0.577. The van der Waals surface area contributed by atoms with Crippen LogP contribution < -0.4 is 0 Å². The molecule has 96 valence electrons. The van der Waals surface area contributed by atoms with Crippen molar-refractivity contribution in [2.45, 2.75) is 19.6 Å². The lowest BCUT2D eigenvalue weighted by molar-refractivity contribution is 0.208. The lowest BCUT2D eigenvalue weighted by atomic mass is 10.1. The Kier molecular flexibility index (Phi) is 3.90. The van der Waals surface area contributed by atoms with E-state index < -0.39 is 11.9 Å². The van der Waals surface area contributed by atoms with Crippen molar-refractivity contribution in [1.82, 2.24) is 9.78 Å². The van der Waals surface area contributed by atoms with E-state index in [2.05, 4.69) is 5.10 Å². The lowest BCUT2D eigenvalue weighted by Crippen LogP contribution is -2.10. The molecule has 1 unspecified atom stereocenters. The van der Waals surface area contributed by atoms with Crippen LogP contribution in [0.5, 0.6) is 0 Å². The maximum Gasteiger partial charge on any atom is 0.142 e. The highest BCUT2D eigenvalue weighted by Crippen LogP contribution is 2.33. The van der Waals surface area contributed by atoms with Crippen LogP contribution in [0.3, 0.4) is 0 Å². The summed E-state index contributed by atoms with van der Waals surface area (Å²) >= 11 is 11.8. The Balaban J connectivity index is 2.51. The number of benzene rings is 1. The zero-order valence-corrected chi connectivity index (χ0v) is 11.1. The van der Waals surface area contributed by atoms with Gasteiger partial charge >= 0.3 is 0 Å². The molecule has 18 heavy (non-hydrogen) atoms. The van der Waals surface area contributed by atoms with E-state index in [4.69, 9.17) is 23.2 Å². The molecule has 2 aromatic rings. The highest BCUT2D eigenvalue weighted by Gasteiger charge is 2.22. The van der Waals surface area contributed by atoms with Gasteiger partial charge in [0.2, 0.25) is 0 Å². The Morgan fingerprint density at radius 1 is 1.44 bits per heavy atom. The van der Waals surface area contributed by atoms with Crippen LogP contribution in [-0.4, -0.2) is 14.9 Å². The molecule has 1 atom stereocenters. The van der Waals surface area contributed by atoms with Gasteiger partial charge in [0.1, 0.15) is 11.9 Å². The van der Waals surface area contributed by atoms with Crippen molar-refractivity contribution in [1.29, 1.82) is 0 Å². The van der Waals surface area contributed by atoms with Crippen molar-refractivity contribution in [2.75, 3.05) is 0 Å². The molecule has 6 heteroatoms. The van der Waals surface area contributed by atoms with Crippen molar-refractivity contribution in [3.8, 4) is 0 Å². The summed E-state index contributed by atoms with van der Waals surface area (Å²) in [7, 11) is 0. The minimum Gasteiger partial charge on any atom is -0.382 e. The van der Waals surface area contributed by atoms with Crippen LogP contribution in [0.25, 0.3) is 0 Å². The summed E-state index contributed by atoms with van der Waals surface area (Å²) in [4.78, 5) is 0. The smallest absolute Gasteiger partial charge is 0.142 e. The highest BCUT2D eigenvalue weighted by atomic mass is 35.5. The van der Waals surface area contributed by atoms with E-state index in [1.807, 2.05) is 6.92 Å². The Morgan fingerprint density at radius 3 is 2.83 bits per heavy atom. The molecule has 3 nitrogen and oxygen atoms in total. The molecule has 0 radical (unpaired) electrons. The molecule has 2 rings (SSSR count). The first-order valence-electron chi connectivity index (χ1n) is 5.39. The van der Waals surface area contributed by atoms with Gasteiger partial charge in [-0.05, 0) is 13.0 Å². The molecule has 1 aromatic carbocycles. The Hall–Kier alpha value is -1.10. The maximum absolute atomic E-state index is 13.4. The van der Waals surface area contributed by atoms with Gasteiger partial charge in [-0.15, -0.1) is 0 Å². The van der Waals surface area contributed by atoms with Gasteiger partial charge in [0.05, 0.1) is 21.9 Å². The largest absolute Gasteiger partial charge is 0.382 e. The summed E-state index contributed by atoms with van der Waals surface area (Å²) in [6.45, 7) is 2.42. The monoisotopic (exact) mass is 288 g/mol. The van der Waals surface area contributed by atoms with Crippen LogP contribution >= 0.6 is 23.2 Å². The third-order valence-electron chi connectivity index (χ3n) is 2.67. The maximum atomic E-state index is 13.4. The van der Waals surface area contributed by atoms with Crippen molar-refractivity contribution in [3.05, 3.63) is 51.5 Å². The van der Waals surface area contributed by atoms with Crippen molar-refractivity contribution in [2.24, 2.45) is 0 Å². The van der Waals surface area contributed by atoms with Gasteiger partial charge in [-0.3, -0.25) is 4.68 Å². The Labute approximate surface area is 114 Å². The van der Waals surface area contributed by atoms with E-state index in [9.17, 15) is 9.50 Å². The number of aliphatic hydroxyl groups excluding tert-OH is 1. The summed E-state index contributed by atoms with van der Waals surface area (Å²) in [5.41, 5.74) is 0.681. The van der Waals surface area contributed by atoms with Gasteiger partial charge in [-0.2, -0.15) is 5.10 Å². The number of halogens is 3. The Morgan fingerprint density at radius 2 is 2.17 bits per heavy atom. The number of aliphatic hydroxyl groups is 1. The van der Waals surface area contributed by atoms with Gasteiger partial charge in [0.25, 0.3) is 0 Å². The van der Waals surface area contributed by atoms with Crippen LogP contribution in [0.2, 0.25) is 10.0 Å². The Bertz CT molecular complexity index is 571. The SMILES string of the molecule is CCn1ncc(Cl)c1C(O)c1cccc(F)c1Cl.